The molecule has 6 nitrogen and oxygen atoms in total. The van der Waals surface area contributed by atoms with E-state index in [2.05, 4.69) is 9.88 Å². The van der Waals surface area contributed by atoms with E-state index in [-0.39, 0.29) is 11.7 Å². The summed E-state index contributed by atoms with van der Waals surface area (Å²) in [6.07, 6.45) is 5.87. The van der Waals surface area contributed by atoms with Gasteiger partial charge in [-0.1, -0.05) is 11.6 Å². The van der Waals surface area contributed by atoms with Crippen molar-refractivity contribution in [2.75, 3.05) is 31.9 Å². The Morgan fingerprint density at radius 3 is 2.34 bits per heavy atom. The van der Waals surface area contributed by atoms with Crippen molar-refractivity contribution in [2.45, 2.75) is 38.6 Å². The molecule has 2 aliphatic rings. The highest BCUT2D eigenvalue weighted by Crippen LogP contribution is 2.27. The van der Waals surface area contributed by atoms with Gasteiger partial charge in [0.05, 0.1) is 0 Å². The largest absolute Gasteiger partial charge is 0.384 e. The van der Waals surface area contributed by atoms with Crippen LogP contribution in [-0.2, 0) is 11.3 Å². The van der Waals surface area contributed by atoms with Crippen LogP contribution in [0, 0.1) is 11.8 Å². The quantitative estimate of drug-likeness (QED) is 0.666. The third kappa shape index (κ3) is 5.87. The first-order chi connectivity index (χ1) is 15.5. The molecule has 0 aliphatic carbocycles. The summed E-state index contributed by atoms with van der Waals surface area (Å²) >= 11 is 5.91. The zero-order chi connectivity index (χ0) is 22.5. The van der Waals surface area contributed by atoms with Crippen LogP contribution in [0.25, 0.3) is 0 Å². The Kier molecular flexibility index (Phi) is 7.43. The van der Waals surface area contributed by atoms with Crippen molar-refractivity contribution in [2.24, 2.45) is 11.8 Å². The number of anilines is 1. The van der Waals surface area contributed by atoms with Crippen LogP contribution in [0.3, 0.4) is 0 Å². The molecule has 2 aliphatic heterocycles. The number of ketones is 1. The minimum atomic E-state index is 0.112. The Hall–Kier alpha value is -2.44. The van der Waals surface area contributed by atoms with Crippen LogP contribution in [-0.4, -0.2) is 52.7 Å². The number of carbonyl (C=O) groups is 2. The van der Waals surface area contributed by atoms with Gasteiger partial charge in [-0.2, -0.15) is 0 Å². The summed E-state index contributed by atoms with van der Waals surface area (Å²) < 4.78 is 0. The van der Waals surface area contributed by atoms with Crippen molar-refractivity contribution < 1.29 is 9.59 Å². The van der Waals surface area contributed by atoms with Gasteiger partial charge in [0.25, 0.3) is 0 Å². The van der Waals surface area contributed by atoms with Crippen LogP contribution < -0.4 is 5.73 Å². The average Bonchev–Trinajstić information content (AvgIpc) is 2.80. The highest BCUT2D eigenvalue weighted by Gasteiger charge is 2.31. The maximum Gasteiger partial charge on any atom is 0.225 e. The van der Waals surface area contributed by atoms with Gasteiger partial charge in [-0.15, -0.1) is 0 Å². The monoisotopic (exact) mass is 454 g/mol. The SMILES string of the molecule is Nc1cc(CN2CCC(C(=O)N3CCC(CC(=O)c4ccc(Cl)cc4)CC3)CC2)ccn1. The van der Waals surface area contributed by atoms with Crippen LogP contribution >= 0.6 is 11.6 Å². The number of nitrogens with two attached hydrogens (primary N) is 1. The van der Waals surface area contributed by atoms with Gasteiger partial charge in [-0.25, -0.2) is 4.98 Å². The highest BCUT2D eigenvalue weighted by atomic mass is 35.5. The Bertz CT molecular complexity index is 933. The summed E-state index contributed by atoms with van der Waals surface area (Å²) in [6, 6.07) is 11.0. The van der Waals surface area contributed by atoms with E-state index in [9.17, 15) is 9.59 Å². The lowest BCUT2D eigenvalue weighted by molar-refractivity contribution is -0.138. The molecule has 0 radical (unpaired) electrons. The lowest BCUT2D eigenvalue weighted by Crippen LogP contribution is -2.45. The third-order valence-corrected chi connectivity index (χ3v) is 7.01. The molecule has 7 heteroatoms. The minimum absolute atomic E-state index is 0.112. The van der Waals surface area contributed by atoms with E-state index < -0.39 is 0 Å². The number of aromatic nitrogens is 1. The number of Topliss-reactive ketones (excluding diaryl/α,β-unsaturated/α-hetero) is 1. The van der Waals surface area contributed by atoms with Gasteiger partial charge in [0.15, 0.2) is 5.78 Å². The van der Waals surface area contributed by atoms with E-state index in [1.54, 1.807) is 30.5 Å². The van der Waals surface area contributed by atoms with Gasteiger partial charge in [0.2, 0.25) is 5.91 Å². The summed E-state index contributed by atoms with van der Waals surface area (Å²) in [5.74, 6) is 1.46. The molecular formula is C25H31ClN4O2. The van der Waals surface area contributed by atoms with Crippen molar-refractivity contribution in [1.29, 1.82) is 0 Å². The number of carbonyl (C=O) groups excluding carboxylic acids is 2. The molecule has 4 rings (SSSR count). The minimum Gasteiger partial charge on any atom is -0.384 e. The fraction of sp³-hybridized carbons (Fsp3) is 0.480. The number of amides is 1. The van der Waals surface area contributed by atoms with Gasteiger partial charge in [0, 0.05) is 48.8 Å². The van der Waals surface area contributed by atoms with Gasteiger partial charge in [0.1, 0.15) is 5.82 Å². The average molecular weight is 455 g/mol. The number of nitrogens with zero attached hydrogens (tertiary/aromatic N) is 3. The molecule has 2 saturated heterocycles. The number of benzene rings is 1. The second kappa shape index (κ2) is 10.5. The summed E-state index contributed by atoms with van der Waals surface area (Å²) in [5.41, 5.74) is 7.66. The molecule has 1 aromatic heterocycles. The Morgan fingerprint density at radius 1 is 1.00 bits per heavy atom. The molecule has 1 aromatic carbocycles. The van der Waals surface area contributed by atoms with Crippen molar-refractivity contribution in [3.8, 4) is 0 Å². The second-order valence-corrected chi connectivity index (χ2v) is 9.48. The van der Waals surface area contributed by atoms with Gasteiger partial charge >= 0.3 is 0 Å². The molecule has 32 heavy (non-hydrogen) atoms. The summed E-state index contributed by atoms with van der Waals surface area (Å²) in [6.45, 7) is 4.21. The number of hydrogen-bond donors (Lipinski definition) is 1. The Balaban J connectivity index is 1.20. The predicted octanol–water partition coefficient (Wildman–Crippen LogP) is 4.04. The van der Waals surface area contributed by atoms with E-state index in [1.807, 2.05) is 17.0 Å². The fourth-order valence-corrected chi connectivity index (χ4v) is 4.95. The molecule has 0 spiro atoms. The number of piperidine rings is 2. The molecule has 2 aromatic rings. The smallest absolute Gasteiger partial charge is 0.225 e. The van der Waals surface area contributed by atoms with Crippen molar-refractivity contribution in [1.82, 2.24) is 14.8 Å². The Morgan fingerprint density at radius 2 is 1.69 bits per heavy atom. The number of likely N-dealkylation sites (tertiary alicyclic amines) is 2. The number of hydrogen-bond acceptors (Lipinski definition) is 5. The maximum atomic E-state index is 13.0. The number of pyridine rings is 1. The molecular weight excluding hydrogens is 424 g/mol. The molecule has 170 valence electrons. The van der Waals surface area contributed by atoms with E-state index >= 15 is 0 Å². The van der Waals surface area contributed by atoms with Crippen LogP contribution in [0.2, 0.25) is 5.02 Å². The molecule has 3 heterocycles. The van der Waals surface area contributed by atoms with Gasteiger partial charge < -0.3 is 10.6 Å². The van der Waals surface area contributed by atoms with Crippen LogP contribution in [0.4, 0.5) is 5.82 Å². The Labute approximate surface area is 194 Å². The van der Waals surface area contributed by atoms with E-state index in [0.717, 1.165) is 64.0 Å². The molecule has 1 amide bonds. The number of nitrogen functional groups attached to an aromatic ring is 1. The summed E-state index contributed by atoms with van der Waals surface area (Å²) in [5, 5.41) is 0.640. The van der Waals surface area contributed by atoms with Crippen molar-refractivity contribution in [3.63, 3.8) is 0 Å². The first-order valence-electron chi connectivity index (χ1n) is 11.5. The zero-order valence-corrected chi connectivity index (χ0v) is 19.1. The maximum absolute atomic E-state index is 13.0. The highest BCUT2D eigenvalue weighted by molar-refractivity contribution is 6.30. The topological polar surface area (TPSA) is 79.5 Å². The molecule has 0 saturated carbocycles. The van der Waals surface area contributed by atoms with Crippen molar-refractivity contribution in [3.05, 3.63) is 58.7 Å². The summed E-state index contributed by atoms with van der Waals surface area (Å²) in [4.78, 5) is 34.0. The van der Waals surface area contributed by atoms with Crippen LogP contribution in [0.1, 0.15) is 48.0 Å². The molecule has 2 fully saturated rings. The molecule has 0 bridgehead atoms. The van der Waals surface area contributed by atoms with Gasteiger partial charge in [-0.3, -0.25) is 14.5 Å². The summed E-state index contributed by atoms with van der Waals surface area (Å²) in [7, 11) is 0. The molecule has 2 N–H and O–H groups in total. The fourth-order valence-electron chi connectivity index (χ4n) is 4.82. The first kappa shape index (κ1) is 22.7. The molecule has 0 unspecified atom stereocenters. The number of halogens is 1. The first-order valence-corrected chi connectivity index (χ1v) is 11.9. The number of rotatable bonds is 6. The predicted molar refractivity (Wildman–Crippen MR) is 126 cm³/mol. The standard InChI is InChI=1S/C25H31ClN4O2/c26-22-3-1-20(2-4-22)23(31)15-18-6-13-30(14-7-18)25(32)21-8-11-29(12-9-21)17-19-5-10-28-24(27)16-19/h1-5,10,16,18,21H,6-9,11-15,17H2,(H2,27,28). The van der Waals surface area contributed by atoms with Crippen LogP contribution in [0.15, 0.2) is 42.6 Å². The lowest BCUT2D eigenvalue weighted by Gasteiger charge is -2.37. The van der Waals surface area contributed by atoms with Crippen LogP contribution in [0.5, 0.6) is 0 Å². The van der Waals surface area contributed by atoms with E-state index in [0.29, 0.717) is 34.6 Å². The molecule has 0 atom stereocenters. The zero-order valence-electron chi connectivity index (χ0n) is 18.4. The van der Waals surface area contributed by atoms with Crippen molar-refractivity contribution >= 4 is 29.1 Å². The van der Waals surface area contributed by atoms with Gasteiger partial charge in [-0.05, 0) is 86.7 Å². The van der Waals surface area contributed by atoms with E-state index in [1.165, 1.54) is 0 Å². The third-order valence-electron chi connectivity index (χ3n) is 6.75. The lowest BCUT2D eigenvalue weighted by atomic mass is 9.88. The normalized spacial score (nSPS) is 18.6. The second-order valence-electron chi connectivity index (χ2n) is 9.04. The van der Waals surface area contributed by atoms with E-state index in [4.69, 9.17) is 17.3 Å².